The number of hydrogen-bond donors (Lipinski definition) is 0. The number of pyridine rings is 1. The van der Waals surface area contributed by atoms with E-state index in [1.807, 2.05) is 18.2 Å². The van der Waals surface area contributed by atoms with Crippen LogP contribution in [0.3, 0.4) is 0 Å². The molecule has 1 aromatic heterocycles. The molecule has 0 aromatic carbocycles. The van der Waals surface area contributed by atoms with E-state index in [2.05, 4.69) is 4.98 Å². The number of ether oxygens (including phenoxy) is 2. The third-order valence-electron chi connectivity index (χ3n) is 4.60. The normalized spacial score (nSPS) is 24.3. The first-order valence-corrected chi connectivity index (χ1v) is 9.32. The van der Waals surface area contributed by atoms with Gasteiger partial charge in [-0.2, -0.15) is 4.31 Å². The van der Waals surface area contributed by atoms with Gasteiger partial charge in [0.2, 0.25) is 15.9 Å². The molecule has 2 aliphatic heterocycles. The summed E-state index contributed by atoms with van der Waals surface area (Å²) < 4.78 is 36.8. The zero-order valence-electron chi connectivity index (χ0n) is 12.8. The lowest BCUT2D eigenvalue weighted by molar-refractivity contribution is -0.104. The fraction of sp³-hybridized carbons (Fsp3) is 0.667. The van der Waals surface area contributed by atoms with Crippen LogP contribution in [0.5, 0.6) is 5.88 Å². The Bertz CT molecular complexity index is 599. The van der Waals surface area contributed by atoms with Crippen molar-refractivity contribution >= 4 is 10.0 Å². The topological polar surface area (TPSA) is 68.7 Å². The van der Waals surface area contributed by atoms with E-state index in [4.69, 9.17) is 9.47 Å². The molecule has 2 aliphatic rings. The van der Waals surface area contributed by atoms with E-state index < -0.39 is 10.0 Å². The van der Waals surface area contributed by atoms with E-state index in [0.29, 0.717) is 38.1 Å². The molecule has 0 unspecified atom stereocenters. The van der Waals surface area contributed by atoms with Gasteiger partial charge in [0.1, 0.15) is 0 Å². The summed E-state index contributed by atoms with van der Waals surface area (Å²) >= 11 is 0. The van der Waals surface area contributed by atoms with E-state index >= 15 is 0 Å². The number of sulfonamides is 1. The Kier molecular flexibility index (Phi) is 4.38. The van der Waals surface area contributed by atoms with Gasteiger partial charge in [-0.1, -0.05) is 6.07 Å². The molecule has 0 radical (unpaired) electrons. The summed E-state index contributed by atoms with van der Waals surface area (Å²) in [5, 5.41) is 0. The summed E-state index contributed by atoms with van der Waals surface area (Å²) in [5.41, 5.74) is -0.296. The van der Waals surface area contributed by atoms with E-state index in [0.717, 1.165) is 12.8 Å². The fourth-order valence-electron chi connectivity index (χ4n) is 3.21. The monoisotopic (exact) mass is 326 g/mol. The quantitative estimate of drug-likeness (QED) is 0.788. The Hall–Kier alpha value is -1.18. The molecule has 22 heavy (non-hydrogen) atoms. The molecule has 1 spiro atoms. The third kappa shape index (κ3) is 2.98. The van der Waals surface area contributed by atoms with Crippen LogP contribution >= 0.6 is 0 Å². The second-order valence-corrected chi connectivity index (χ2v) is 8.13. The van der Waals surface area contributed by atoms with Gasteiger partial charge in [0, 0.05) is 32.0 Å². The molecule has 2 fully saturated rings. The van der Waals surface area contributed by atoms with Crippen LogP contribution in [0.4, 0.5) is 0 Å². The molecular weight excluding hydrogens is 304 g/mol. The highest BCUT2D eigenvalue weighted by atomic mass is 32.2. The molecule has 0 saturated carbocycles. The summed E-state index contributed by atoms with van der Waals surface area (Å²) in [6, 6.07) is 5.57. The van der Waals surface area contributed by atoms with Crippen LogP contribution in [-0.2, 0) is 14.8 Å². The standard InChI is InChI=1S/C15H22N2O4S/c1-2-22(18,19)17-11-15(12-17)13(7-10-21-15)6-9-20-14-5-3-4-8-16-14/h3-5,8,13H,2,6-7,9-12H2,1H3/t13-/m1/s1. The van der Waals surface area contributed by atoms with Crippen LogP contribution in [-0.4, -0.2) is 55.4 Å². The molecule has 0 bridgehead atoms. The summed E-state index contributed by atoms with van der Waals surface area (Å²) in [4.78, 5) is 4.13. The average molecular weight is 326 g/mol. The predicted molar refractivity (Wildman–Crippen MR) is 82.2 cm³/mol. The van der Waals surface area contributed by atoms with E-state index in [-0.39, 0.29) is 11.4 Å². The van der Waals surface area contributed by atoms with E-state index in [1.54, 1.807) is 13.1 Å². The lowest BCUT2D eigenvalue weighted by Gasteiger charge is -2.49. The zero-order valence-corrected chi connectivity index (χ0v) is 13.6. The molecule has 3 heterocycles. The second kappa shape index (κ2) is 6.14. The molecule has 0 amide bonds. The van der Waals surface area contributed by atoms with Crippen LogP contribution in [0.25, 0.3) is 0 Å². The van der Waals surface area contributed by atoms with Crippen molar-refractivity contribution in [3.8, 4) is 5.88 Å². The van der Waals surface area contributed by atoms with Crippen LogP contribution in [0.15, 0.2) is 24.4 Å². The van der Waals surface area contributed by atoms with Crippen LogP contribution < -0.4 is 4.74 Å². The highest BCUT2D eigenvalue weighted by molar-refractivity contribution is 7.89. The van der Waals surface area contributed by atoms with Gasteiger partial charge >= 0.3 is 0 Å². The second-order valence-electron chi connectivity index (χ2n) is 5.87. The van der Waals surface area contributed by atoms with Crippen molar-refractivity contribution in [3.63, 3.8) is 0 Å². The Balaban J connectivity index is 1.52. The van der Waals surface area contributed by atoms with Gasteiger partial charge in [0.15, 0.2) is 0 Å². The number of nitrogens with zero attached hydrogens (tertiary/aromatic N) is 2. The zero-order chi connectivity index (χ0) is 15.6. The van der Waals surface area contributed by atoms with E-state index in [9.17, 15) is 8.42 Å². The van der Waals surface area contributed by atoms with Gasteiger partial charge in [0.05, 0.1) is 18.0 Å². The number of hydrogen-bond acceptors (Lipinski definition) is 5. The molecule has 2 saturated heterocycles. The Labute approximate surface area is 131 Å². The first kappa shape index (κ1) is 15.7. The smallest absolute Gasteiger partial charge is 0.214 e. The van der Waals surface area contributed by atoms with Gasteiger partial charge in [-0.05, 0) is 31.7 Å². The molecule has 122 valence electrons. The highest BCUT2D eigenvalue weighted by Crippen LogP contribution is 2.42. The predicted octanol–water partition coefficient (Wildman–Crippen LogP) is 1.29. The van der Waals surface area contributed by atoms with Crippen LogP contribution in [0, 0.1) is 5.92 Å². The van der Waals surface area contributed by atoms with Crippen LogP contribution in [0.2, 0.25) is 0 Å². The molecule has 1 atom stereocenters. The van der Waals surface area contributed by atoms with Crippen molar-refractivity contribution in [1.82, 2.24) is 9.29 Å². The minimum Gasteiger partial charge on any atom is -0.478 e. The molecule has 0 aliphatic carbocycles. The molecule has 3 rings (SSSR count). The maximum Gasteiger partial charge on any atom is 0.214 e. The molecule has 1 aromatic rings. The maximum absolute atomic E-state index is 11.9. The Morgan fingerprint density at radius 2 is 2.27 bits per heavy atom. The highest BCUT2D eigenvalue weighted by Gasteiger charge is 2.55. The molecule has 6 nitrogen and oxygen atoms in total. The van der Waals surface area contributed by atoms with Gasteiger partial charge in [-0.3, -0.25) is 0 Å². The van der Waals surface area contributed by atoms with Gasteiger partial charge in [-0.15, -0.1) is 0 Å². The molecule has 7 heteroatoms. The van der Waals surface area contributed by atoms with Crippen molar-refractivity contribution in [2.75, 3.05) is 32.1 Å². The SMILES string of the molecule is CCS(=O)(=O)N1CC2(C1)OCC[C@H]2CCOc1ccccn1. The van der Waals surface area contributed by atoms with Crippen molar-refractivity contribution in [2.45, 2.75) is 25.4 Å². The molecular formula is C15H22N2O4S. The number of rotatable bonds is 6. The van der Waals surface area contributed by atoms with E-state index in [1.165, 1.54) is 4.31 Å². The summed E-state index contributed by atoms with van der Waals surface area (Å²) in [7, 11) is -3.10. The van der Waals surface area contributed by atoms with Gasteiger partial charge < -0.3 is 9.47 Å². The van der Waals surface area contributed by atoms with Crippen molar-refractivity contribution < 1.29 is 17.9 Å². The summed E-state index contributed by atoms with van der Waals surface area (Å²) in [6.45, 7) is 3.92. The number of aromatic nitrogens is 1. The molecule has 0 N–H and O–H groups in total. The van der Waals surface area contributed by atoms with Crippen molar-refractivity contribution in [3.05, 3.63) is 24.4 Å². The largest absolute Gasteiger partial charge is 0.478 e. The minimum absolute atomic E-state index is 0.149. The maximum atomic E-state index is 11.9. The van der Waals surface area contributed by atoms with Gasteiger partial charge in [-0.25, -0.2) is 13.4 Å². The van der Waals surface area contributed by atoms with Crippen molar-refractivity contribution in [1.29, 1.82) is 0 Å². The average Bonchev–Trinajstić information content (AvgIpc) is 2.91. The summed E-state index contributed by atoms with van der Waals surface area (Å²) in [5.74, 6) is 1.12. The fourth-order valence-corrected chi connectivity index (χ4v) is 4.41. The minimum atomic E-state index is -3.10. The first-order valence-electron chi connectivity index (χ1n) is 7.71. The first-order chi connectivity index (χ1) is 10.6. The lowest BCUT2D eigenvalue weighted by atomic mass is 9.80. The van der Waals surface area contributed by atoms with Gasteiger partial charge in [0.25, 0.3) is 0 Å². The van der Waals surface area contributed by atoms with Crippen molar-refractivity contribution in [2.24, 2.45) is 5.92 Å². The third-order valence-corrected chi connectivity index (χ3v) is 6.37. The Morgan fingerprint density at radius 3 is 2.95 bits per heavy atom. The lowest BCUT2D eigenvalue weighted by Crippen LogP contribution is -2.66. The van der Waals surface area contributed by atoms with Crippen LogP contribution in [0.1, 0.15) is 19.8 Å². The summed E-state index contributed by atoms with van der Waals surface area (Å²) in [6.07, 6.45) is 3.52. The Morgan fingerprint density at radius 1 is 1.45 bits per heavy atom.